The average molecular weight is 464 g/mol. The molecule has 2 saturated heterocycles. The predicted octanol–water partition coefficient (Wildman–Crippen LogP) is 4.72. The first-order valence-electron chi connectivity index (χ1n) is 12.0. The minimum Gasteiger partial charge on any atom is -0.480 e. The van der Waals surface area contributed by atoms with Crippen LogP contribution in [-0.4, -0.2) is 64.6 Å². The van der Waals surface area contributed by atoms with E-state index in [4.69, 9.17) is 0 Å². The number of aromatic amines is 1. The van der Waals surface area contributed by atoms with Crippen LogP contribution in [0, 0.1) is 11.8 Å². The second-order valence-corrected chi connectivity index (χ2v) is 10.4. The Bertz CT molecular complexity index is 1070. The topological polar surface area (TPSA) is 59.6 Å². The molecule has 2 N–H and O–H groups in total. The second-order valence-electron chi connectivity index (χ2n) is 10.4. The van der Waals surface area contributed by atoms with Gasteiger partial charge in [0.15, 0.2) is 0 Å². The van der Waals surface area contributed by atoms with Gasteiger partial charge in [-0.25, -0.2) is 0 Å². The molecule has 0 spiro atoms. The Labute approximate surface area is 191 Å². The molecule has 3 aliphatic rings. The lowest BCUT2D eigenvalue weighted by Crippen LogP contribution is -2.52. The number of hydrogen-bond acceptors (Lipinski definition) is 3. The Morgan fingerprint density at radius 3 is 2.76 bits per heavy atom. The maximum absolute atomic E-state index is 13.3. The first-order valence-corrected chi connectivity index (χ1v) is 12.0. The van der Waals surface area contributed by atoms with Gasteiger partial charge in [-0.15, -0.1) is 0 Å². The number of rotatable bonds is 4. The Balaban J connectivity index is 1.36. The third-order valence-electron chi connectivity index (χ3n) is 8.76. The number of H-pyrrole nitrogens is 1. The van der Waals surface area contributed by atoms with E-state index in [0.29, 0.717) is 30.1 Å². The van der Waals surface area contributed by atoms with Crippen molar-refractivity contribution in [3.63, 3.8) is 0 Å². The fourth-order valence-electron chi connectivity index (χ4n) is 6.78. The van der Waals surface area contributed by atoms with Crippen LogP contribution in [0.3, 0.4) is 0 Å². The summed E-state index contributed by atoms with van der Waals surface area (Å²) < 4.78 is 40.0. The molecule has 5 nitrogen and oxygen atoms in total. The number of carboxylic acids is 1. The molecule has 2 aromatic rings. The van der Waals surface area contributed by atoms with Crippen molar-refractivity contribution >= 4 is 16.9 Å². The zero-order valence-electron chi connectivity index (χ0n) is 19.2. The minimum absolute atomic E-state index is 0.154. The number of benzene rings is 1. The molecule has 1 aromatic carbocycles. The van der Waals surface area contributed by atoms with Crippen molar-refractivity contribution in [2.75, 3.05) is 33.2 Å². The normalized spacial score (nSPS) is 31.0. The van der Waals surface area contributed by atoms with Crippen LogP contribution in [0.2, 0.25) is 0 Å². The number of carbonyl (C=O) groups is 1. The van der Waals surface area contributed by atoms with Gasteiger partial charge in [0.1, 0.15) is 5.54 Å². The number of piperidine rings is 1. The quantitative estimate of drug-likeness (QED) is 0.689. The monoisotopic (exact) mass is 463 g/mol. The van der Waals surface area contributed by atoms with Gasteiger partial charge in [0, 0.05) is 29.7 Å². The molecule has 8 heteroatoms. The smallest absolute Gasteiger partial charge is 0.416 e. The van der Waals surface area contributed by atoms with Crippen LogP contribution in [0.4, 0.5) is 13.2 Å². The van der Waals surface area contributed by atoms with E-state index in [1.54, 1.807) is 6.07 Å². The van der Waals surface area contributed by atoms with Gasteiger partial charge in [-0.2, -0.15) is 13.2 Å². The maximum atomic E-state index is 13.3. The van der Waals surface area contributed by atoms with Crippen LogP contribution in [0.25, 0.3) is 10.9 Å². The van der Waals surface area contributed by atoms with E-state index < -0.39 is 23.2 Å². The van der Waals surface area contributed by atoms with Crippen LogP contribution in [0.1, 0.15) is 55.3 Å². The van der Waals surface area contributed by atoms with E-state index in [1.165, 1.54) is 6.07 Å². The van der Waals surface area contributed by atoms with E-state index >= 15 is 0 Å². The molecule has 0 amide bonds. The van der Waals surface area contributed by atoms with Crippen LogP contribution in [0.15, 0.2) is 18.2 Å². The van der Waals surface area contributed by atoms with Gasteiger partial charge in [-0.05, 0) is 93.8 Å². The number of hydrogen-bond donors (Lipinski definition) is 2. The van der Waals surface area contributed by atoms with Crippen molar-refractivity contribution in [2.45, 2.75) is 56.7 Å². The van der Waals surface area contributed by atoms with Gasteiger partial charge in [0.05, 0.1) is 5.56 Å². The fraction of sp³-hybridized carbons (Fsp3) is 0.640. The molecule has 33 heavy (non-hydrogen) atoms. The summed E-state index contributed by atoms with van der Waals surface area (Å²) in [6.07, 6.45) is -0.238. The number of halogens is 3. The Morgan fingerprint density at radius 1 is 1.30 bits per heavy atom. The summed E-state index contributed by atoms with van der Waals surface area (Å²) in [4.78, 5) is 19.8. The highest BCUT2D eigenvalue weighted by Gasteiger charge is 2.46. The number of fused-ring (bicyclic) bond motifs is 4. The highest BCUT2D eigenvalue weighted by Crippen LogP contribution is 2.47. The Morgan fingerprint density at radius 2 is 2.09 bits per heavy atom. The number of likely N-dealkylation sites (tertiary alicyclic amines) is 2. The Hall–Kier alpha value is -2.06. The lowest BCUT2D eigenvalue weighted by Gasteiger charge is -2.45. The van der Waals surface area contributed by atoms with E-state index in [9.17, 15) is 23.1 Å². The van der Waals surface area contributed by atoms with E-state index in [-0.39, 0.29) is 5.92 Å². The number of aliphatic carboxylic acids is 1. The number of likely N-dealkylation sites (N-methyl/N-ethyl adjacent to an activating group) is 1. The molecular weight excluding hydrogens is 431 g/mol. The Kier molecular flexibility index (Phi) is 5.52. The molecule has 2 unspecified atom stereocenters. The van der Waals surface area contributed by atoms with Gasteiger partial charge in [0.25, 0.3) is 0 Å². The van der Waals surface area contributed by atoms with Gasteiger partial charge in [0.2, 0.25) is 0 Å². The minimum atomic E-state index is -4.35. The van der Waals surface area contributed by atoms with Crippen LogP contribution < -0.4 is 0 Å². The van der Waals surface area contributed by atoms with Crippen molar-refractivity contribution in [3.8, 4) is 0 Å². The van der Waals surface area contributed by atoms with Crippen molar-refractivity contribution in [1.29, 1.82) is 0 Å². The first kappa shape index (κ1) is 22.7. The molecule has 1 aliphatic carbocycles. The lowest BCUT2D eigenvalue weighted by molar-refractivity contribution is -0.149. The van der Waals surface area contributed by atoms with Gasteiger partial charge in [-0.1, -0.05) is 6.92 Å². The summed E-state index contributed by atoms with van der Waals surface area (Å²) in [7, 11) is 1.91. The molecular formula is C25H32F3N3O2. The molecule has 2 aliphatic heterocycles. The van der Waals surface area contributed by atoms with Crippen molar-refractivity contribution < 1.29 is 23.1 Å². The third-order valence-corrected chi connectivity index (χ3v) is 8.76. The van der Waals surface area contributed by atoms with Crippen LogP contribution in [-0.2, 0) is 17.4 Å². The summed E-state index contributed by atoms with van der Waals surface area (Å²) in [5.41, 5.74) is 1.53. The summed E-state index contributed by atoms with van der Waals surface area (Å²) in [5, 5.41) is 10.6. The van der Waals surface area contributed by atoms with E-state index in [2.05, 4.69) is 16.8 Å². The van der Waals surface area contributed by atoms with E-state index in [1.807, 2.05) is 11.9 Å². The summed E-state index contributed by atoms with van der Waals surface area (Å²) in [6, 6.07) is 4.01. The lowest BCUT2D eigenvalue weighted by atomic mass is 9.68. The van der Waals surface area contributed by atoms with Gasteiger partial charge >= 0.3 is 12.1 Å². The SMILES string of the molecule is CC1c2c([nH]c3ccc(C(F)(F)F)cc23)C[C@H]2CCN(CCC3(C(=O)O)CCCN3C)C[C@H]12. The summed E-state index contributed by atoms with van der Waals surface area (Å²) in [5.74, 6) is 0.289. The molecule has 0 radical (unpaired) electrons. The van der Waals surface area contributed by atoms with Crippen molar-refractivity contribution in [2.24, 2.45) is 11.8 Å². The number of carboxylic acid groups (broad SMARTS) is 1. The zero-order chi connectivity index (χ0) is 23.5. The molecule has 1 aromatic heterocycles. The number of nitrogens with one attached hydrogen (secondary N) is 1. The summed E-state index contributed by atoms with van der Waals surface area (Å²) >= 11 is 0. The molecule has 4 atom stereocenters. The molecule has 2 fully saturated rings. The highest BCUT2D eigenvalue weighted by atomic mass is 19.4. The zero-order valence-corrected chi connectivity index (χ0v) is 19.2. The van der Waals surface area contributed by atoms with Crippen LogP contribution in [0.5, 0.6) is 0 Å². The number of alkyl halides is 3. The highest BCUT2D eigenvalue weighted by molar-refractivity contribution is 5.86. The van der Waals surface area contributed by atoms with Gasteiger partial charge < -0.3 is 15.0 Å². The molecule has 3 heterocycles. The summed E-state index contributed by atoms with van der Waals surface area (Å²) in [6.45, 7) is 5.52. The average Bonchev–Trinajstić information content (AvgIpc) is 3.32. The molecule has 0 saturated carbocycles. The van der Waals surface area contributed by atoms with Crippen molar-refractivity contribution in [1.82, 2.24) is 14.8 Å². The third kappa shape index (κ3) is 3.75. The fourth-order valence-corrected chi connectivity index (χ4v) is 6.78. The molecule has 180 valence electrons. The molecule has 0 bridgehead atoms. The number of nitrogens with zero attached hydrogens (tertiary/aromatic N) is 2. The second kappa shape index (κ2) is 8.01. The van der Waals surface area contributed by atoms with Crippen molar-refractivity contribution in [3.05, 3.63) is 35.0 Å². The van der Waals surface area contributed by atoms with E-state index in [0.717, 1.165) is 68.3 Å². The number of aromatic nitrogens is 1. The predicted molar refractivity (Wildman–Crippen MR) is 120 cm³/mol. The first-order chi connectivity index (χ1) is 15.6. The van der Waals surface area contributed by atoms with Gasteiger partial charge in [-0.3, -0.25) is 9.69 Å². The maximum Gasteiger partial charge on any atom is 0.416 e. The standard InChI is InChI=1S/C25H32F3N3O2/c1-15-19-14-31(11-8-24(23(32)33)7-3-9-30(24)2)10-6-16(19)12-21-22(15)18-13-17(25(26,27)28)4-5-20(18)29-21/h4-5,13,15-16,19,29H,3,6-12,14H2,1-2H3,(H,32,33)/t15?,16-,19-,24?/m1/s1. The van der Waals surface area contributed by atoms with Crippen LogP contribution >= 0.6 is 0 Å². The largest absolute Gasteiger partial charge is 0.480 e. The molecule has 5 rings (SSSR count).